The summed E-state index contributed by atoms with van der Waals surface area (Å²) in [6.45, 7) is 2.02. The number of aliphatic hydroxyl groups excluding tert-OH is 1. The van der Waals surface area contributed by atoms with Gasteiger partial charge >= 0.3 is 0 Å². The molecule has 2 aromatic rings. The fourth-order valence-electron chi connectivity index (χ4n) is 2.13. The summed E-state index contributed by atoms with van der Waals surface area (Å²) in [7, 11) is 0. The molecule has 106 valence electrons. The Morgan fingerprint density at radius 1 is 1.45 bits per heavy atom. The Balaban J connectivity index is 2.34. The van der Waals surface area contributed by atoms with Gasteiger partial charge in [0.15, 0.2) is 0 Å². The molecule has 1 amide bonds. The van der Waals surface area contributed by atoms with Crippen molar-refractivity contribution in [1.29, 1.82) is 0 Å². The lowest BCUT2D eigenvalue weighted by Crippen LogP contribution is -2.35. The van der Waals surface area contributed by atoms with Crippen LogP contribution in [0.3, 0.4) is 0 Å². The first-order valence-electron chi connectivity index (χ1n) is 6.62. The Labute approximate surface area is 122 Å². The molecule has 20 heavy (non-hydrogen) atoms. The molecule has 0 aliphatic rings. The number of carbonyl (C=O) groups excluding carboxylic acids is 1. The van der Waals surface area contributed by atoms with Crippen molar-refractivity contribution in [3.05, 3.63) is 41.0 Å². The van der Waals surface area contributed by atoms with Crippen LogP contribution in [0.1, 0.15) is 30.1 Å². The summed E-state index contributed by atoms with van der Waals surface area (Å²) in [5.74, 6) is -0.189. The molecular formula is C15H17ClN2O2. The van der Waals surface area contributed by atoms with Crippen LogP contribution in [0.25, 0.3) is 10.9 Å². The molecular weight excluding hydrogens is 276 g/mol. The second-order valence-electron chi connectivity index (χ2n) is 4.60. The highest BCUT2D eigenvalue weighted by molar-refractivity contribution is 6.30. The first-order valence-corrected chi connectivity index (χ1v) is 7.00. The number of nitrogens with zero attached hydrogens (tertiary/aromatic N) is 1. The Hall–Kier alpha value is -1.65. The highest BCUT2D eigenvalue weighted by Crippen LogP contribution is 2.21. The third-order valence-electron chi connectivity index (χ3n) is 3.24. The number of aliphatic hydroxyl groups is 1. The highest BCUT2D eigenvalue weighted by atomic mass is 35.5. The summed E-state index contributed by atoms with van der Waals surface area (Å²) < 4.78 is 0. The summed E-state index contributed by atoms with van der Waals surface area (Å²) in [5.41, 5.74) is 1.21. The maximum Gasteiger partial charge on any atom is 0.252 e. The molecule has 0 saturated carbocycles. The number of para-hydroxylation sites is 1. The van der Waals surface area contributed by atoms with Crippen molar-refractivity contribution in [2.75, 3.05) is 6.61 Å². The molecule has 1 atom stereocenters. The van der Waals surface area contributed by atoms with E-state index in [2.05, 4.69) is 10.3 Å². The fourth-order valence-corrected chi connectivity index (χ4v) is 2.33. The molecule has 1 aromatic heterocycles. The van der Waals surface area contributed by atoms with Gasteiger partial charge in [-0.3, -0.25) is 4.79 Å². The van der Waals surface area contributed by atoms with E-state index in [0.717, 1.165) is 11.8 Å². The van der Waals surface area contributed by atoms with Crippen molar-refractivity contribution >= 4 is 28.4 Å². The molecule has 0 spiro atoms. The number of pyridine rings is 1. The van der Waals surface area contributed by atoms with E-state index >= 15 is 0 Å². The standard InChI is InChI=1S/C15H17ClN2O2/c1-2-10(7-8-19)17-15(20)12-9-14(16)18-13-6-4-3-5-11(12)13/h3-6,9-10,19H,2,7-8H2,1H3,(H,17,20). The van der Waals surface area contributed by atoms with Crippen LogP contribution in [-0.4, -0.2) is 28.6 Å². The Morgan fingerprint density at radius 3 is 2.90 bits per heavy atom. The first kappa shape index (κ1) is 14.8. The minimum Gasteiger partial charge on any atom is -0.396 e. The number of fused-ring (bicyclic) bond motifs is 1. The first-order chi connectivity index (χ1) is 9.65. The summed E-state index contributed by atoms with van der Waals surface area (Å²) >= 11 is 5.97. The minimum atomic E-state index is -0.189. The molecule has 1 unspecified atom stereocenters. The van der Waals surface area contributed by atoms with E-state index in [-0.39, 0.29) is 18.6 Å². The number of halogens is 1. The molecule has 2 rings (SSSR count). The molecule has 1 aromatic carbocycles. The molecule has 0 aliphatic heterocycles. The van der Waals surface area contributed by atoms with Gasteiger partial charge < -0.3 is 10.4 Å². The van der Waals surface area contributed by atoms with Crippen molar-refractivity contribution in [1.82, 2.24) is 10.3 Å². The van der Waals surface area contributed by atoms with E-state index in [1.807, 2.05) is 31.2 Å². The van der Waals surface area contributed by atoms with Crippen molar-refractivity contribution in [3.8, 4) is 0 Å². The molecule has 0 radical (unpaired) electrons. The zero-order chi connectivity index (χ0) is 14.5. The van der Waals surface area contributed by atoms with Gasteiger partial charge in [0.05, 0.1) is 11.1 Å². The topological polar surface area (TPSA) is 62.2 Å². The van der Waals surface area contributed by atoms with Crippen LogP contribution in [0.5, 0.6) is 0 Å². The van der Waals surface area contributed by atoms with Crippen LogP contribution in [0, 0.1) is 0 Å². The lowest BCUT2D eigenvalue weighted by atomic mass is 10.1. The average Bonchev–Trinajstić information content (AvgIpc) is 2.45. The SMILES string of the molecule is CCC(CCO)NC(=O)c1cc(Cl)nc2ccccc12. The zero-order valence-electron chi connectivity index (χ0n) is 11.3. The van der Waals surface area contributed by atoms with Gasteiger partial charge in [0.25, 0.3) is 5.91 Å². The number of hydrogen-bond donors (Lipinski definition) is 2. The number of amides is 1. The minimum absolute atomic E-state index is 0.0433. The van der Waals surface area contributed by atoms with Crippen LogP contribution in [0.2, 0.25) is 5.15 Å². The highest BCUT2D eigenvalue weighted by Gasteiger charge is 2.15. The van der Waals surface area contributed by atoms with Gasteiger partial charge in [-0.25, -0.2) is 4.98 Å². The van der Waals surface area contributed by atoms with Gasteiger partial charge in [-0.15, -0.1) is 0 Å². The number of carbonyl (C=O) groups is 1. The van der Waals surface area contributed by atoms with Gasteiger partial charge in [0, 0.05) is 18.0 Å². The second-order valence-corrected chi connectivity index (χ2v) is 4.99. The van der Waals surface area contributed by atoms with Gasteiger partial charge in [-0.2, -0.15) is 0 Å². The van der Waals surface area contributed by atoms with E-state index in [4.69, 9.17) is 16.7 Å². The predicted octanol–water partition coefficient (Wildman–Crippen LogP) is 2.78. The summed E-state index contributed by atoms with van der Waals surface area (Å²) in [5, 5.41) is 13.0. The van der Waals surface area contributed by atoms with Gasteiger partial charge in [0.1, 0.15) is 5.15 Å². The number of rotatable bonds is 5. The van der Waals surface area contributed by atoms with Crippen molar-refractivity contribution in [3.63, 3.8) is 0 Å². The van der Waals surface area contributed by atoms with Crippen molar-refractivity contribution in [2.24, 2.45) is 0 Å². The number of nitrogens with one attached hydrogen (secondary N) is 1. The Morgan fingerprint density at radius 2 is 2.20 bits per heavy atom. The van der Waals surface area contributed by atoms with Crippen LogP contribution in [0.4, 0.5) is 0 Å². The van der Waals surface area contributed by atoms with E-state index in [1.165, 1.54) is 0 Å². The molecule has 0 bridgehead atoms. The smallest absolute Gasteiger partial charge is 0.252 e. The molecule has 4 nitrogen and oxygen atoms in total. The second kappa shape index (κ2) is 6.68. The quantitative estimate of drug-likeness (QED) is 0.833. The number of hydrogen-bond acceptors (Lipinski definition) is 3. The average molecular weight is 293 g/mol. The Kier molecular flexibility index (Phi) is 4.93. The fraction of sp³-hybridized carbons (Fsp3) is 0.333. The van der Waals surface area contributed by atoms with Crippen molar-refractivity contribution in [2.45, 2.75) is 25.8 Å². The van der Waals surface area contributed by atoms with Gasteiger partial charge in [0.2, 0.25) is 0 Å². The molecule has 0 aliphatic carbocycles. The van der Waals surface area contributed by atoms with Crippen LogP contribution < -0.4 is 5.32 Å². The molecule has 0 saturated heterocycles. The van der Waals surface area contributed by atoms with Gasteiger partial charge in [-0.1, -0.05) is 36.7 Å². The van der Waals surface area contributed by atoms with E-state index in [1.54, 1.807) is 6.07 Å². The van der Waals surface area contributed by atoms with Crippen LogP contribution in [0.15, 0.2) is 30.3 Å². The maximum absolute atomic E-state index is 12.4. The summed E-state index contributed by atoms with van der Waals surface area (Å²) in [6, 6.07) is 8.92. The largest absolute Gasteiger partial charge is 0.396 e. The lowest BCUT2D eigenvalue weighted by Gasteiger charge is -2.16. The number of benzene rings is 1. The normalized spacial score (nSPS) is 12.3. The zero-order valence-corrected chi connectivity index (χ0v) is 12.0. The molecule has 5 heteroatoms. The van der Waals surface area contributed by atoms with E-state index in [9.17, 15) is 4.79 Å². The summed E-state index contributed by atoms with van der Waals surface area (Å²) in [4.78, 5) is 16.6. The van der Waals surface area contributed by atoms with Crippen LogP contribution >= 0.6 is 11.6 Å². The lowest BCUT2D eigenvalue weighted by molar-refractivity contribution is 0.0930. The maximum atomic E-state index is 12.4. The number of aromatic nitrogens is 1. The van der Waals surface area contributed by atoms with Gasteiger partial charge in [-0.05, 0) is 25.0 Å². The van der Waals surface area contributed by atoms with E-state index < -0.39 is 0 Å². The van der Waals surface area contributed by atoms with Crippen molar-refractivity contribution < 1.29 is 9.90 Å². The Bertz CT molecular complexity index is 616. The third-order valence-corrected chi connectivity index (χ3v) is 3.43. The monoisotopic (exact) mass is 292 g/mol. The molecule has 0 fully saturated rings. The predicted molar refractivity (Wildman–Crippen MR) is 80.0 cm³/mol. The summed E-state index contributed by atoms with van der Waals surface area (Å²) in [6.07, 6.45) is 1.31. The molecule has 2 N–H and O–H groups in total. The molecule has 1 heterocycles. The van der Waals surface area contributed by atoms with E-state index in [0.29, 0.717) is 22.7 Å². The third kappa shape index (κ3) is 3.26. The van der Waals surface area contributed by atoms with Crippen LogP contribution in [-0.2, 0) is 0 Å².